The number of sulfonamides is 1. The largest absolute Gasteiger partial charge is 0.368 e. The van der Waals surface area contributed by atoms with Crippen LogP contribution >= 0.6 is 11.6 Å². The van der Waals surface area contributed by atoms with Gasteiger partial charge in [0, 0.05) is 18.1 Å². The lowest BCUT2D eigenvalue weighted by Gasteiger charge is -2.30. The SMILES string of the molecule is CC(C)C[C@H](C(N)=O)N(Cc1ccc(CN(C)C)cc1)S(=O)(=O)c1ccc(Cl)cc1. The van der Waals surface area contributed by atoms with Crippen molar-refractivity contribution in [3.63, 3.8) is 0 Å². The van der Waals surface area contributed by atoms with Gasteiger partial charge in [-0.25, -0.2) is 8.42 Å². The summed E-state index contributed by atoms with van der Waals surface area (Å²) in [6.45, 7) is 4.69. The second-order valence-electron chi connectivity index (χ2n) is 8.11. The first kappa shape index (κ1) is 24.3. The molecule has 0 aliphatic carbocycles. The molecule has 2 N–H and O–H groups in total. The molecule has 0 heterocycles. The average molecular weight is 452 g/mol. The molecular formula is C22H30ClN3O3S. The third-order valence-electron chi connectivity index (χ3n) is 4.65. The molecule has 0 radical (unpaired) electrons. The van der Waals surface area contributed by atoms with Crippen molar-refractivity contribution >= 4 is 27.5 Å². The van der Waals surface area contributed by atoms with Gasteiger partial charge in [0.1, 0.15) is 6.04 Å². The molecule has 0 unspecified atom stereocenters. The summed E-state index contributed by atoms with van der Waals surface area (Å²) in [5, 5.41) is 0.436. The molecule has 0 aliphatic heterocycles. The second-order valence-corrected chi connectivity index (χ2v) is 10.4. The molecule has 1 amide bonds. The van der Waals surface area contributed by atoms with Gasteiger partial charge in [-0.3, -0.25) is 4.79 Å². The summed E-state index contributed by atoms with van der Waals surface area (Å²) in [7, 11) is -0.00170. The fourth-order valence-corrected chi connectivity index (χ4v) is 4.94. The van der Waals surface area contributed by atoms with Crippen molar-refractivity contribution in [1.82, 2.24) is 9.21 Å². The summed E-state index contributed by atoms with van der Waals surface area (Å²) < 4.78 is 28.1. The maximum Gasteiger partial charge on any atom is 0.244 e. The van der Waals surface area contributed by atoms with E-state index in [0.29, 0.717) is 11.4 Å². The van der Waals surface area contributed by atoms with E-state index >= 15 is 0 Å². The quantitative estimate of drug-likeness (QED) is 0.599. The number of hydrogen-bond donors (Lipinski definition) is 1. The Morgan fingerprint density at radius 2 is 1.47 bits per heavy atom. The lowest BCUT2D eigenvalue weighted by atomic mass is 10.0. The molecule has 30 heavy (non-hydrogen) atoms. The zero-order valence-corrected chi connectivity index (χ0v) is 19.4. The van der Waals surface area contributed by atoms with Gasteiger partial charge < -0.3 is 10.6 Å². The summed E-state index contributed by atoms with van der Waals surface area (Å²) in [6.07, 6.45) is 0.334. The number of primary amides is 1. The summed E-state index contributed by atoms with van der Waals surface area (Å²) in [5.41, 5.74) is 7.54. The highest BCUT2D eigenvalue weighted by atomic mass is 35.5. The van der Waals surface area contributed by atoms with E-state index < -0.39 is 22.0 Å². The number of halogens is 1. The molecule has 8 heteroatoms. The van der Waals surface area contributed by atoms with Gasteiger partial charge in [-0.2, -0.15) is 4.31 Å². The van der Waals surface area contributed by atoms with Gasteiger partial charge in [-0.15, -0.1) is 0 Å². The Hall–Kier alpha value is -1.93. The number of nitrogens with two attached hydrogens (primary N) is 1. The number of hydrogen-bond acceptors (Lipinski definition) is 4. The Balaban J connectivity index is 2.45. The third-order valence-corrected chi connectivity index (χ3v) is 6.77. The number of carbonyl (C=O) groups is 1. The zero-order chi connectivity index (χ0) is 22.5. The molecule has 0 saturated heterocycles. The van der Waals surface area contributed by atoms with Crippen molar-refractivity contribution in [3.05, 3.63) is 64.7 Å². The molecule has 2 rings (SSSR count). The summed E-state index contributed by atoms with van der Waals surface area (Å²) in [5.74, 6) is -0.571. The Morgan fingerprint density at radius 1 is 0.967 bits per heavy atom. The van der Waals surface area contributed by atoms with E-state index in [9.17, 15) is 13.2 Å². The van der Waals surface area contributed by atoms with E-state index in [1.807, 2.05) is 52.2 Å². The zero-order valence-electron chi connectivity index (χ0n) is 17.9. The topological polar surface area (TPSA) is 83.7 Å². The molecule has 0 aromatic heterocycles. The minimum Gasteiger partial charge on any atom is -0.368 e. The van der Waals surface area contributed by atoms with E-state index in [-0.39, 0.29) is 17.4 Å². The van der Waals surface area contributed by atoms with Crippen LogP contribution in [0.5, 0.6) is 0 Å². The van der Waals surface area contributed by atoms with E-state index in [4.69, 9.17) is 17.3 Å². The van der Waals surface area contributed by atoms with Crippen LogP contribution in [0, 0.1) is 5.92 Å². The van der Waals surface area contributed by atoms with Crippen molar-refractivity contribution in [2.75, 3.05) is 14.1 Å². The van der Waals surface area contributed by atoms with Gasteiger partial charge in [0.15, 0.2) is 0 Å². The maximum atomic E-state index is 13.5. The molecule has 0 spiro atoms. The monoisotopic (exact) mass is 451 g/mol. The van der Waals surface area contributed by atoms with Gasteiger partial charge in [-0.05, 0) is 61.8 Å². The van der Waals surface area contributed by atoms with Gasteiger partial charge in [-0.1, -0.05) is 49.7 Å². The van der Waals surface area contributed by atoms with E-state index in [0.717, 1.165) is 17.7 Å². The van der Waals surface area contributed by atoms with Crippen LogP contribution in [-0.2, 0) is 27.9 Å². The lowest BCUT2D eigenvalue weighted by Crippen LogP contribution is -2.48. The van der Waals surface area contributed by atoms with Crippen LogP contribution in [-0.4, -0.2) is 43.7 Å². The Labute approximate surface area is 184 Å². The van der Waals surface area contributed by atoms with E-state index in [1.54, 1.807) is 0 Å². The highest BCUT2D eigenvalue weighted by Crippen LogP contribution is 2.25. The van der Waals surface area contributed by atoms with Crippen LogP contribution in [0.2, 0.25) is 5.02 Å². The van der Waals surface area contributed by atoms with Gasteiger partial charge in [0.05, 0.1) is 4.90 Å². The highest BCUT2D eigenvalue weighted by molar-refractivity contribution is 7.89. The predicted octanol–water partition coefficient (Wildman–Crippen LogP) is 3.49. The summed E-state index contributed by atoms with van der Waals surface area (Å²) in [4.78, 5) is 14.4. The molecule has 2 aromatic carbocycles. The van der Waals surface area contributed by atoms with Crippen LogP contribution in [0.25, 0.3) is 0 Å². The van der Waals surface area contributed by atoms with Gasteiger partial charge >= 0.3 is 0 Å². The molecule has 6 nitrogen and oxygen atoms in total. The van der Waals surface area contributed by atoms with Gasteiger partial charge in [0.25, 0.3) is 0 Å². The normalized spacial score (nSPS) is 13.2. The first-order chi connectivity index (χ1) is 14.0. The highest BCUT2D eigenvalue weighted by Gasteiger charge is 2.35. The molecule has 0 bridgehead atoms. The second kappa shape index (κ2) is 10.4. The van der Waals surface area contributed by atoms with Crippen LogP contribution in [0.4, 0.5) is 0 Å². The Morgan fingerprint density at radius 3 is 1.90 bits per heavy atom. The maximum absolute atomic E-state index is 13.5. The van der Waals surface area contributed by atoms with Crippen LogP contribution in [0.1, 0.15) is 31.4 Å². The van der Waals surface area contributed by atoms with Gasteiger partial charge in [0.2, 0.25) is 15.9 Å². The lowest BCUT2D eigenvalue weighted by molar-refractivity contribution is -0.122. The minimum absolute atomic E-state index is 0.0491. The van der Waals surface area contributed by atoms with Crippen molar-refractivity contribution in [2.45, 2.75) is 44.3 Å². The molecule has 0 saturated carbocycles. The smallest absolute Gasteiger partial charge is 0.244 e. The first-order valence-corrected chi connectivity index (χ1v) is 11.6. The van der Waals surface area contributed by atoms with Crippen LogP contribution < -0.4 is 5.73 Å². The Kier molecular flexibility index (Phi) is 8.43. The minimum atomic E-state index is -3.97. The fourth-order valence-electron chi connectivity index (χ4n) is 3.22. The number of carbonyl (C=O) groups excluding carboxylic acids is 1. The number of amides is 1. The number of benzene rings is 2. The van der Waals surface area contributed by atoms with E-state index in [1.165, 1.54) is 28.6 Å². The predicted molar refractivity (Wildman–Crippen MR) is 120 cm³/mol. The van der Waals surface area contributed by atoms with E-state index in [2.05, 4.69) is 4.90 Å². The van der Waals surface area contributed by atoms with Crippen molar-refractivity contribution in [2.24, 2.45) is 11.7 Å². The standard InChI is InChI=1S/C22H30ClN3O3S/c1-16(2)13-21(22(24)27)26(30(28,29)20-11-9-19(23)10-12-20)15-18-7-5-17(6-8-18)14-25(3)4/h5-12,16,21H,13-15H2,1-4H3,(H2,24,27)/t21-/m1/s1. The van der Waals surface area contributed by atoms with Crippen molar-refractivity contribution in [1.29, 1.82) is 0 Å². The van der Waals surface area contributed by atoms with Crippen molar-refractivity contribution in [3.8, 4) is 0 Å². The molecule has 0 fully saturated rings. The molecule has 0 aliphatic rings. The molecule has 164 valence electrons. The number of rotatable bonds is 10. The summed E-state index contributed by atoms with van der Waals surface area (Å²) in [6, 6.07) is 12.7. The van der Waals surface area contributed by atoms with Crippen LogP contribution in [0.15, 0.2) is 53.4 Å². The molecule has 2 aromatic rings. The first-order valence-electron chi connectivity index (χ1n) is 9.80. The number of nitrogens with zero attached hydrogens (tertiary/aromatic N) is 2. The summed E-state index contributed by atoms with van der Waals surface area (Å²) >= 11 is 5.92. The van der Waals surface area contributed by atoms with Crippen LogP contribution in [0.3, 0.4) is 0 Å². The molecular weight excluding hydrogens is 422 g/mol. The Bertz CT molecular complexity index is 943. The fraction of sp³-hybridized carbons (Fsp3) is 0.409. The average Bonchev–Trinajstić information content (AvgIpc) is 2.65. The molecule has 1 atom stereocenters. The third kappa shape index (κ3) is 6.54. The van der Waals surface area contributed by atoms with Crippen molar-refractivity contribution < 1.29 is 13.2 Å².